The number of likely N-dealkylation sites (tertiary alicyclic amines) is 2. The van der Waals surface area contributed by atoms with E-state index in [4.69, 9.17) is 9.73 Å². The number of alkyl carbamates (subject to hydrolysis) is 1. The van der Waals surface area contributed by atoms with Gasteiger partial charge in [0.1, 0.15) is 30.2 Å². The Kier molecular flexibility index (Phi) is 11.5. The Labute approximate surface area is 310 Å². The summed E-state index contributed by atoms with van der Waals surface area (Å²) in [5.41, 5.74) is 4.77. The molecule has 3 aromatic heterocycles. The van der Waals surface area contributed by atoms with Gasteiger partial charge < -0.3 is 35.3 Å². The van der Waals surface area contributed by atoms with Gasteiger partial charge in [-0.1, -0.05) is 33.6 Å². The van der Waals surface area contributed by atoms with Crippen LogP contribution in [0.4, 0.5) is 4.79 Å². The number of methoxy groups -OCH3 is 1. The molecule has 6 rings (SSSR count). The molecule has 6 heterocycles. The van der Waals surface area contributed by atoms with E-state index in [1.165, 1.54) is 7.11 Å². The number of allylic oxidation sites excluding steroid dienone is 1. The molecule has 3 aliphatic rings. The van der Waals surface area contributed by atoms with E-state index in [9.17, 15) is 24.3 Å². The van der Waals surface area contributed by atoms with Crippen molar-refractivity contribution in [3.8, 4) is 11.8 Å². The Morgan fingerprint density at radius 2 is 1.62 bits per heavy atom. The Balaban J connectivity index is 1.12. The summed E-state index contributed by atoms with van der Waals surface area (Å²) < 4.78 is 7.02. The number of carbonyl (C=O) groups is 4. The predicted octanol–water partition coefficient (Wildman–Crippen LogP) is 4.44. The number of nitrogens with one attached hydrogen (secondary N) is 3. The minimum absolute atomic E-state index is 0.0939. The molecule has 4 amide bonds. The average Bonchev–Trinajstić information content (AvgIpc) is 3.97. The van der Waals surface area contributed by atoms with Crippen molar-refractivity contribution in [3.05, 3.63) is 45.8 Å². The van der Waals surface area contributed by atoms with Crippen molar-refractivity contribution < 1.29 is 29.0 Å². The maximum atomic E-state index is 13.6. The van der Waals surface area contributed by atoms with Crippen molar-refractivity contribution in [1.82, 2.24) is 30.4 Å². The average molecular weight is 748 g/mol. The van der Waals surface area contributed by atoms with Gasteiger partial charge in [0.15, 0.2) is 0 Å². The zero-order valence-corrected chi connectivity index (χ0v) is 31.7. The third-order valence-electron chi connectivity index (χ3n) is 9.87. The number of thiophene rings is 2. The highest BCUT2D eigenvalue weighted by Crippen LogP contribution is 2.41. The fourth-order valence-electron chi connectivity index (χ4n) is 7.13. The van der Waals surface area contributed by atoms with E-state index in [2.05, 4.69) is 43.2 Å². The monoisotopic (exact) mass is 747 g/mol. The first-order chi connectivity index (χ1) is 25.0. The molecule has 0 bridgehead atoms. The zero-order valence-electron chi connectivity index (χ0n) is 30.0. The second-order valence-electron chi connectivity index (χ2n) is 14.0. The van der Waals surface area contributed by atoms with Crippen molar-refractivity contribution in [2.45, 2.75) is 84.0 Å². The summed E-state index contributed by atoms with van der Waals surface area (Å²) >= 11 is 3.29. The van der Waals surface area contributed by atoms with E-state index in [-0.39, 0.29) is 35.7 Å². The van der Waals surface area contributed by atoms with E-state index >= 15 is 0 Å². The van der Waals surface area contributed by atoms with Crippen molar-refractivity contribution >= 4 is 67.2 Å². The molecule has 4 atom stereocenters. The Morgan fingerprint density at radius 1 is 0.962 bits per heavy atom. The lowest BCUT2D eigenvalue weighted by Gasteiger charge is -2.31. The molecule has 3 aromatic rings. The second-order valence-corrected chi connectivity index (χ2v) is 15.8. The molecule has 0 spiro atoms. The van der Waals surface area contributed by atoms with Crippen LogP contribution in [0.5, 0.6) is 0 Å². The van der Waals surface area contributed by atoms with Crippen LogP contribution in [0.1, 0.15) is 88.5 Å². The number of imidazole rings is 1. The van der Waals surface area contributed by atoms with Gasteiger partial charge >= 0.3 is 6.09 Å². The highest BCUT2D eigenvalue weighted by atomic mass is 32.1. The number of hydrogen-bond acceptors (Lipinski definition) is 10. The summed E-state index contributed by atoms with van der Waals surface area (Å²) in [5, 5.41) is 18.8. The number of aliphatic imine (C=N–C) groups is 1. The lowest BCUT2D eigenvalue weighted by molar-refractivity contribution is -0.139. The van der Waals surface area contributed by atoms with E-state index < -0.39 is 30.7 Å². The second kappa shape index (κ2) is 16.0. The van der Waals surface area contributed by atoms with Gasteiger partial charge in [0.2, 0.25) is 17.7 Å². The van der Waals surface area contributed by atoms with Crippen LogP contribution in [-0.2, 0) is 19.1 Å². The van der Waals surface area contributed by atoms with E-state index in [0.717, 1.165) is 57.5 Å². The molecular weight excluding hydrogens is 703 g/mol. The normalized spacial score (nSPS) is 19.8. The van der Waals surface area contributed by atoms with Gasteiger partial charge in [-0.2, -0.15) is 0 Å². The molecule has 4 N–H and O–H groups in total. The molecule has 0 saturated carbocycles. The first kappa shape index (κ1) is 37.2. The molecule has 0 radical (unpaired) electrons. The number of nitrogens with zero attached hydrogens (tertiary/aromatic N) is 4. The molecule has 0 aliphatic carbocycles. The summed E-state index contributed by atoms with van der Waals surface area (Å²) in [6, 6.07) is -1.77. The largest absolute Gasteiger partial charge is 0.453 e. The van der Waals surface area contributed by atoms with E-state index in [0.29, 0.717) is 31.0 Å². The molecule has 2 unspecified atom stereocenters. The summed E-state index contributed by atoms with van der Waals surface area (Å²) in [5.74, 6) is 6.08. The molecular formula is C37H45N7O6S2. The van der Waals surface area contributed by atoms with Crippen molar-refractivity contribution in [3.63, 3.8) is 0 Å². The third kappa shape index (κ3) is 7.65. The smallest absolute Gasteiger partial charge is 0.407 e. The number of hydrogen-bond donors (Lipinski definition) is 4. The number of amides is 4. The van der Waals surface area contributed by atoms with Crippen LogP contribution in [0.2, 0.25) is 0 Å². The van der Waals surface area contributed by atoms with Gasteiger partial charge in [-0.3, -0.25) is 19.4 Å². The minimum atomic E-state index is -0.731. The molecule has 13 nitrogen and oxygen atoms in total. The van der Waals surface area contributed by atoms with Gasteiger partial charge in [0.05, 0.1) is 40.4 Å². The predicted molar refractivity (Wildman–Crippen MR) is 201 cm³/mol. The van der Waals surface area contributed by atoms with Crippen LogP contribution in [0.15, 0.2) is 28.1 Å². The number of aliphatic hydroxyl groups is 1. The molecule has 2 saturated heterocycles. The number of H-pyrrole nitrogens is 1. The SMILES string of the molecule is COC(=O)N[C@H](C(=O)N1CCCC1C1=NC=C(c2csc3c(C#Cc4cnc(C5CCCN5C(=O)[C@@H](NC(=O)CO)C(C)C)[nH]4)csc23)C1)C(C)C. The van der Waals surface area contributed by atoms with Gasteiger partial charge in [-0.15, -0.1) is 22.7 Å². The summed E-state index contributed by atoms with van der Waals surface area (Å²) in [6.07, 6.45) is 6.91. The Bertz CT molecular complexity index is 1960. The first-order valence-corrected chi connectivity index (χ1v) is 19.4. The maximum absolute atomic E-state index is 13.6. The third-order valence-corrected chi connectivity index (χ3v) is 12.0. The Hall–Kier alpha value is -4.52. The fraction of sp³-hybridized carbons (Fsp3) is 0.514. The zero-order chi connectivity index (χ0) is 37.1. The lowest BCUT2D eigenvalue weighted by Crippen LogP contribution is -2.53. The fourth-order valence-corrected chi connectivity index (χ4v) is 9.47. The highest BCUT2D eigenvalue weighted by Gasteiger charge is 2.39. The number of aromatic amines is 1. The van der Waals surface area contributed by atoms with Crippen molar-refractivity contribution in [1.29, 1.82) is 0 Å². The van der Waals surface area contributed by atoms with Crippen molar-refractivity contribution in [2.24, 2.45) is 16.8 Å². The number of rotatable bonds is 10. The van der Waals surface area contributed by atoms with Gasteiger partial charge in [0, 0.05) is 47.7 Å². The summed E-state index contributed by atoms with van der Waals surface area (Å²) in [7, 11) is 1.29. The van der Waals surface area contributed by atoms with Crippen LogP contribution < -0.4 is 10.6 Å². The van der Waals surface area contributed by atoms with Gasteiger partial charge in [0.25, 0.3) is 0 Å². The number of ether oxygens (including phenoxy) is 1. The minimum Gasteiger partial charge on any atom is -0.453 e. The standard InChI is InChI=1S/C37H45N7O6S2/c1-20(2)30(41-29(46)17-45)35(47)44-13-7-9-28(44)34-39-16-24(40-34)11-10-22-18-51-33-25(19-52-32(22)33)23-14-26(38-15-23)27-8-6-12-43(27)36(48)31(21(3)4)42-37(49)50-5/h15-16,18-21,27-28,30-31,45H,6-9,12-14,17H2,1-5H3,(H,39,40)(H,41,46)(H,42,49)/t27?,28?,30-,31-/m0/s1. The van der Waals surface area contributed by atoms with Crippen LogP contribution in [0, 0.1) is 23.7 Å². The first-order valence-electron chi connectivity index (χ1n) is 17.7. The number of aromatic nitrogens is 2. The van der Waals surface area contributed by atoms with Gasteiger partial charge in [-0.05, 0) is 49.0 Å². The molecule has 2 fully saturated rings. The van der Waals surface area contributed by atoms with Gasteiger partial charge in [-0.25, -0.2) is 9.78 Å². The summed E-state index contributed by atoms with van der Waals surface area (Å²) in [6.45, 7) is 8.07. The molecule has 0 aromatic carbocycles. The molecule has 52 heavy (non-hydrogen) atoms. The highest BCUT2D eigenvalue weighted by molar-refractivity contribution is 7.26. The molecule has 15 heteroatoms. The number of carbonyl (C=O) groups excluding carboxylic acids is 4. The quantitative estimate of drug-likeness (QED) is 0.222. The topological polar surface area (TPSA) is 169 Å². The van der Waals surface area contributed by atoms with Crippen molar-refractivity contribution in [2.75, 3.05) is 26.8 Å². The molecule has 3 aliphatic heterocycles. The van der Waals surface area contributed by atoms with E-state index in [1.807, 2.05) is 38.8 Å². The molecule has 276 valence electrons. The van der Waals surface area contributed by atoms with Crippen LogP contribution in [0.25, 0.3) is 15.0 Å². The summed E-state index contributed by atoms with van der Waals surface area (Å²) in [4.78, 5) is 67.2. The Morgan fingerprint density at radius 3 is 2.29 bits per heavy atom. The van der Waals surface area contributed by atoms with E-state index in [1.54, 1.807) is 33.8 Å². The number of fused-ring (bicyclic) bond motifs is 1. The van der Waals surface area contributed by atoms with Crippen LogP contribution in [0.3, 0.4) is 0 Å². The number of aliphatic hydroxyl groups excluding tert-OH is 1. The van der Waals surface area contributed by atoms with Crippen LogP contribution >= 0.6 is 22.7 Å². The lowest BCUT2D eigenvalue weighted by atomic mass is 9.98. The van der Waals surface area contributed by atoms with Crippen LogP contribution in [-0.4, -0.2) is 99.3 Å². The maximum Gasteiger partial charge on any atom is 0.407 e.